The zero-order valence-corrected chi connectivity index (χ0v) is 20.3. The van der Waals surface area contributed by atoms with Gasteiger partial charge >= 0.3 is 0 Å². The number of nitrogens with two attached hydrogens (primary N) is 1. The molecule has 2 aliphatic rings. The lowest BCUT2D eigenvalue weighted by Crippen LogP contribution is -2.50. The number of nitrogen functional groups attached to an aromatic ring is 1. The maximum Gasteiger partial charge on any atom is 0.255 e. The zero-order valence-electron chi connectivity index (χ0n) is 19.6. The summed E-state index contributed by atoms with van der Waals surface area (Å²) in [6.45, 7) is 5.47. The summed E-state index contributed by atoms with van der Waals surface area (Å²) in [6, 6.07) is 11.4. The molecular weight excluding hydrogens is 458 g/mol. The highest BCUT2D eigenvalue weighted by Crippen LogP contribution is 2.29. The van der Waals surface area contributed by atoms with Crippen LogP contribution in [0.2, 0.25) is 5.02 Å². The first-order chi connectivity index (χ1) is 16.5. The van der Waals surface area contributed by atoms with E-state index in [0.717, 1.165) is 30.8 Å². The van der Waals surface area contributed by atoms with Crippen LogP contribution in [0.1, 0.15) is 29.3 Å². The van der Waals surface area contributed by atoms with Gasteiger partial charge in [0, 0.05) is 31.7 Å². The summed E-state index contributed by atoms with van der Waals surface area (Å²) in [5.74, 6) is 0.992. The number of carbonyl (C=O) groups excluding carboxylic acids is 1. The highest BCUT2D eigenvalue weighted by molar-refractivity contribution is 6.33. The molecule has 2 heterocycles. The number of amides is 1. The van der Waals surface area contributed by atoms with Crippen LogP contribution >= 0.6 is 11.6 Å². The Bertz CT molecular complexity index is 987. The lowest BCUT2D eigenvalue weighted by Gasteiger charge is -2.35. The second-order valence-corrected chi connectivity index (χ2v) is 9.00. The third kappa shape index (κ3) is 5.93. The highest BCUT2D eigenvalue weighted by Gasteiger charge is 2.38. The van der Waals surface area contributed by atoms with Gasteiger partial charge in [-0.25, -0.2) is 0 Å². The number of nitrogens with zero attached hydrogens (tertiary/aromatic N) is 1. The van der Waals surface area contributed by atoms with Crippen molar-refractivity contribution in [3.8, 4) is 11.5 Å². The number of rotatable bonds is 9. The molecule has 0 aliphatic carbocycles. The summed E-state index contributed by atoms with van der Waals surface area (Å²) in [4.78, 5) is 15.2. The summed E-state index contributed by atoms with van der Waals surface area (Å²) >= 11 is 6.12. The standard InChI is InChI=1S/C25H32ClN3O5/c1-3-32-24-10-23(27)22(26)9-21(24)25(30)28-11-20-13-29-12-19(8-17(29)15-34-20)33-14-16-4-6-18(31-2)7-5-16/h4-7,9-10,17,19-20H,3,8,11-15,27H2,1-2H3,(H,28,30)/t17-,19+,20-/m0/s1. The summed E-state index contributed by atoms with van der Waals surface area (Å²) in [7, 11) is 1.66. The van der Waals surface area contributed by atoms with Crippen molar-refractivity contribution in [2.45, 2.75) is 38.2 Å². The van der Waals surface area contributed by atoms with Crippen molar-refractivity contribution in [1.29, 1.82) is 0 Å². The number of halogens is 1. The third-order valence-corrected chi connectivity index (χ3v) is 6.56. The Hall–Kier alpha value is -2.52. The second-order valence-electron chi connectivity index (χ2n) is 8.59. The van der Waals surface area contributed by atoms with E-state index in [0.29, 0.717) is 54.4 Å². The molecule has 2 aliphatic heterocycles. The highest BCUT2D eigenvalue weighted by atomic mass is 35.5. The number of nitrogens with one attached hydrogen (secondary N) is 1. The van der Waals surface area contributed by atoms with E-state index in [9.17, 15) is 4.79 Å². The minimum absolute atomic E-state index is 0.0969. The van der Waals surface area contributed by atoms with Gasteiger partial charge in [0.15, 0.2) is 0 Å². The molecule has 4 rings (SSSR count). The Morgan fingerprint density at radius 2 is 2.06 bits per heavy atom. The summed E-state index contributed by atoms with van der Waals surface area (Å²) in [6.07, 6.45) is 1.01. The van der Waals surface area contributed by atoms with Gasteiger partial charge in [0.2, 0.25) is 0 Å². The number of hydrogen-bond donors (Lipinski definition) is 2. The first-order valence-electron chi connectivity index (χ1n) is 11.6. The third-order valence-electron chi connectivity index (χ3n) is 6.23. The molecule has 9 heteroatoms. The van der Waals surface area contributed by atoms with Gasteiger partial charge in [0.05, 0.1) is 55.4 Å². The van der Waals surface area contributed by atoms with Gasteiger partial charge in [-0.15, -0.1) is 0 Å². The van der Waals surface area contributed by atoms with Crippen LogP contribution < -0.4 is 20.5 Å². The Morgan fingerprint density at radius 1 is 1.26 bits per heavy atom. The van der Waals surface area contributed by atoms with E-state index in [-0.39, 0.29) is 18.1 Å². The Kier molecular flexibility index (Phi) is 8.15. The first kappa shape index (κ1) is 24.6. The number of morpholine rings is 1. The molecule has 2 aromatic carbocycles. The maximum atomic E-state index is 12.8. The topological polar surface area (TPSA) is 95.3 Å². The van der Waals surface area contributed by atoms with Crippen molar-refractivity contribution in [1.82, 2.24) is 10.2 Å². The number of hydrogen-bond acceptors (Lipinski definition) is 7. The molecule has 0 aromatic heterocycles. The van der Waals surface area contributed by atoms with E-state index in [2.05, 4.69) is 10.2 Å². The zero-order chi connectivity index (χ0) is 24.1. The average molecular weight is 490 g/mol. The molecule has 3 N–H and O–H groups in total. The molecule has 1 amide bonds. The SMILES string of the molecule is CCOc1cc(N)c(Cl)cc1C(=O)NC[C@H]1CN2C[C@H](OCc3ccc(OC)cc3)C[C@H]2CO1. The van der Waals surface area contributed by atoms with Crippen LogP contribution in [0, 0.1) is 0 Å². The summed E-state index contributed by atoms with van der Waals surface area (Å²) in [5, 5.41) is 3.27. The number of ether oxygens (including phenoxy) is 4. The molecule has 3 atom stereocenters. The minimum Gasteiger partial charge on any atom is -0.497 e. The fourth-order valence-corrected chi connectivity index (χ4v) is 4.56. The fourth-order valence-electron chi connectivity index (χ4n) is 4.40. The van der Waals surface area contributed by atoms with E-state index >= 15 is 0 Å². The normalized spacial score (nSPS) is 22.3. The number of fused-ring (bicyclic) bond motifs is 1. The molecule has 0 saturated carbocycles. The predicted octanol–water partition coefficient (Wildman–Crippen LogP) is 3.12. The van der Waals surface area contributed by atoms with E-state index in [4.69, 9.17) is 36.3 Å². The van der Waals surface area contributed by atoms with Crippen molar-refractivity contribution >= 4 is 23.2 Å². The van der Waals surface area contributed by atoms with Crippen molar-refractivity contribution in [3.63, 3.8) is 0 Å². The molecule has 2 aromatic rings. The van der Waals surface area contributed by atoms with Gasteiger partial charge < -0.3 is 30.0 Å². The molecule has 0 spiro atoms. The van der Waals surface area contributed by atoms with Crippen LogP contribution in [0.15, 0.2) is 36.4 Å². The van der Waals surface area contributed by atoms with Gasteiger partial charge in [-0.05, 0) is 37.1 Å². The number of benzene rings is 2. The molecule has 0 radical (unpaired) electrons. The number of anilines is 1. The molecule has 2 saturated heterocycles. The van der Waals surface area contributed by atoms with Gasteiger partial charge in [-0.3, -0.25) is 9.69 Å². The summed E-state index contributed by atoms with van der Waals surface area (Å²) in [5.41, 5.74) is 7.72. The second kappa shape index (κ2) is 11.3. The number of methoxy groups -OCH3 is 1. The molecular formula is C25H32ClN3O5. The average Bonchev–Trinajstić information content (AvgIpc) is 3.26. The van der Waals surface area contributed by atoms with Crippen LogP contribution in [-0.2, 0) is 16.1 Å². The van der Waals surface area contributed by atoms with Gasteiger partial charge in [0.25, 0.3) is 5.91 Å². The van der Waals surface area contributed by atoms with Gasteiger partial charge in [-0.2, -0.15) is 0 Å². The predicted molar refractivity (Wildman–Crippen MR) is 131 cm³/mol. The van der Waals surface area contributed by atoms with Gasteiger partial charge in [-0.1, -0.05) is 23.7 Å². The fraction of sp³-hybridized carbons (Fsp3) is 0.480. The van der Waals surface area contributed by atoms with Crippen LogP contribution in [0.4, 0.5) is 5.69 Å². The Balaban J connectivity index is 1.26. The molecule has 184 valence electrons. The van der Waals surface area contributed by atoms with Crippen molar-refractivity contribution < 1.29 is 23.7 Å². The van der Waals surface area contributed by atoms with E-state index in [1.165, 1.54) is 0 Å². The van der Waals surface area contributed by atoms with Crippen molar-refractivity contribution in [3.05, 3.63) is 52.5 Å². The minimum atomic E-state index is -0.266. The monoisotopic (exact) mass is 489 g/mol. The van der Waals surface area contributed by atoms with Crippen molar-refractivity contribution in [2.24, 2.45) is 0 Å². The van der Waals surface area contributed by atoms with Gasteiger partial charge in [0.1, 0.15) is 11.5 Å². The van der Waals surface area contributed by atoms with Crippen LogP contribution in [0.25, 0.3) is 0 Å². The lowest BCUT2D eigenvalue weighted by atomic mass is 10.1. The van der Waals surface area contributed by atoms with Crippen LogP contribution in [-0.4, -0.2) is 69.0 Å². The number of carbonyl (C=O) groups is 1. The van der Waals surface area contributed by atoms with Crippen molar-refractivity contribution in [2.75, 3.05) is 45.7 Å². The molecule has 8 nitrogen and oxygen atoms in total. The Labute approximate surface area is 205 Å². The Morgan fingerprint density at radius 3 is 2.79 bits per heavy atom. The maximum absolute atomic E-state index is 12.8. The molecule has 0 bridgehead atoms. The van der Waals surface area contributed by atoms with E-state index < -0.39 is 0 Å². The smallest absolute Gasteiger partial charge is 0.255 e. The molecule has 34 heavy (non-hydrogen) atoms. The van der Waals surface area contributed by atoms with E-state index in [1.807, 2.05) is 31.2 Å². The summed E-state index contributed by atoms with van der Waals surface area (Å²) < 4.78 is 23.0. The molecule has 0 unspecified atom stereocenters. The quantitative estimate of drug-likeness (QED) is 0.522. The largest absolute Gasteiger partial charge is 0.497 e. The molecule has 2 fully saturated rings. The van der Waals surface area contributed by atoms with Crippen LogP contribution in [0.3, 0.4) is 0 Å². The van der Waals surface area contributed by atoms with E-state index in [1.54, 1.807) is 19.2 Å². The van der Waals surface area contributed by atoms with Crippen LogP contribution in [0.5, 0.6) is 11.5 Å². The lowest BCUT2D eigenvalue weighted by molar-refractivity contribution is -0.0466. The first-order valence-corrected chi connectivity index (χ1v) is 11.9.